The molecule has 0 amide bonds. The third-order valence-electron chi connectivity index (χ3n) is 13.7. The molecule has 0 radical (unpaired) electrons. The molecular formula is C55H48N2. The maximum atomic E-state index is 2.56. The molecule has 0 unspecified atom stereocenters. The molecule has 1 aliphatic carbocycles. The van der Waals surface area contributed by atoms with Crippen molar-refractivity contribution in [1.82, 2.24) is 0 Å². The van der Waals surface area contributed by atoms with E-state index in [9.17, 15) is 0 Å². The number of anilines is 4. The standard InChI is InChI=1S/C55H48N2/c1-53(2)31-32-56(50-14-10-8-12-45(50)53)49-28-22-39-20-25-41-36(18-19-38-21-26-44(49)52(39)51(38)41)17-15-35-16-24-42-43-27-23-40(34-47(43)55(5,6)46(42)33-35)57-48-13-9-7-11-37(48)29-30-54(57,3)4/h7-30,33-34H,31-32H2,1-6H3. The monoisotopic (exact) mass is 736 g/mol. The zero-order valence-electron chi connectivity index (χ0n) is 33.8. The molecule has 278 valence electrons. The van der Waals surface area contributed by atoms with Crippen molar-refractivity contribution in [1.29, 1.82) is 0 Å². The Kier molecular flexibility index (Phi) is 7.16. The van der Waals surface area contributed by atoms with Crippen LogP contribution >= 0.6 is 0 Å². The summed E-state index contributed by atoms with van der Waals surface area (Å²) in [6.07, 6.45) is 10.4. The van der Waals surface area contributed by atoms with Crippen LogP contribution in [0.2, 0.25) is 0 Å². The van der Waals surface area contributed by atoms with Crippen LogP contribution in [0.25, 0.3) is 61.7 Å². The fourth-order valence-corrected chi connectivity index (χ4v) is 10.5. The molecule has 0 saturated carbocycles. The van der Waals surface area contributed by atoms with Gasteiger partial charge in [0, 0.05) is 40.1 Å². The summed E-state index contributed by atoms with van der Waals surface area (Å²) in [5, 5.41) is 7.94. The van der Waals surface area contributed by atoms with Gasteiger partial charge in [0.2, 0.25) is 0 Å². The van der Waals surface area contributed by atoms with Gasteiger partial charge in [-0.3, -0.25) is 0 Å². The van der Waals surface area contributed by atoms with Crippen molar-refractivity contribution in [2.75, 3.05) is 16.3 Å². The summed E-state index contributed by atoms with van der Waals surface area (Å²) >= 11 is 0. The number of hydrogen-bond acceptors (Lipinski definition) is 2. The fourth-order valence-electron chi connectivity index (χ4n) is 10.5. The lowest BCUT2D eigenvalue weighted by Gasteiger charge is -2.42. The first-order valence-corrected chi connectivity index (χ1v) is 20.6. The second-order valence-electron chi connectivity index (χ2n) is 18.3. The summed E-state index contributed by atoms with van der Waals surface area (Å²) in [6.45, 7) is 15.2. The number of fused-ring (bicyclic) bond motifs is 5. The number of nitrogens with zero attached hydrogens (tertiary/aromatic N) is 2. The molecule has 8 aromatic carbocycles. The van der Waals surface area contributed by atoms with Gasteiger partial charge in [0.1, 0.15) is 0 Å². The average molecular weight is 737 g/mol. The van der Waals surface area contributed by atoms with Crippen LogP contribution in [0.4, 0.5) is 22.7 Å². The van der Waals surface area contributed by atoms with Crippen LogP contribution in [0.5, 0.6) is 0 Å². The van der Waals surface area contributed by atoms with E-state index < -0.39 is 0 Å². The van der Waals surface area contributed by atoms with Crippen LogP contribution < -0.4 is 9.80 Å². The van der Waals surface area contributed by atoms with Crippen molar-refractivity contribution in [3.8, 4) is 11.1 Å². The van der Waals surface area contributed by atoms with Crippen molar-refractivity contribution in [3.63, 3.8) is 0 Å². The lowest BCUT2D eigenvalue weighted by Crippen LogP contribution is -2.40. The molecule has 8 aromatic rings. The number of para-hydroxylation sites is 2. The van der Waals surface area contributed by atoms with Gasteiger partial charge in [0.25, 0.3) is 0 Å². The predicted molar refractivity (Wildman–Crippen MR) is 246 cm³/mol. The van der Waals surface area contributed by atoms with Gasteiger partial charge in [0.15, 0.2) is 0 Å². The van der Waals surface area contributed by atoms with Crippen molar-refractivity contribution in [2.45, 2.75) is 64.3 Å². The summed E-state index contributed by atoms with van der Waals surface area (Å²) in [7, 11) is 0. The van der Waals surface area contributed by atoms with Crippen LogP contribution in [-0.4, -0.2) is 12.1 Å². The minimum Gasteiger partial charge on any atom is -0.341 e. The summed E-state index contributed by atoms with van der Waals surface area (Å²) in [4.78, 5) is 5.06. The van der Waals surface area contributed by atoms with E-state index in [2.05, 4.69) is 209 Å². The molecule has 57 heavy (non-hydrogen) atoms. The molecule has 11 rings (SSSR count). The molecule has 0 spiro atoms. The number of hydrogen-bond donors (Lipinski definition) is 0. The Morgan fingerprint density at radius 2 is 1.21 bits per heavy atom. The van der Waals surface area contributed by atoms with Crippen LogP contribution in [0.15, 0.2) is 140 Å². The summed E-state index contributed by atoms with van der Waals surface area (Å²) in [6, 6.07) is 50.5. The van der Waals surface area contributed by atoms with E-state index in [4.69, 9.17) is 0 Å². The maximum Gasteiger partial charge on any atom is 0.0580 e. The second-order valence-corrected chi connectivity index (χ2v) is 18.3. The number of benzene rings is 8. The summed E-state index contributed by atoms with van der Waals surface area (Å²) in [5.41, 5.74) is 15.7. The predicted octanol–water partition coefficient (Wildman–Crippen LogP) is 14.8. The third-order valence-corrected chi connectivity index (χ3v) is 13.7. The average Bonchev–Trinajstić information content (AvgIpc) is 3.44. The Balaban J connectivity index is 0.957. The molecule has 0 fully saturated rings. The molecule has 0 atom stereocenters. The van der Waals surface area contributed by atoms with Gasteiger partial charge in [-0.05, 0) is 127 Å². The zero-order chi connectivity index (χ0) is 38.8. The lowest BCUT2D eigenvalue weighted by molar-refractivity contribution is 0.467. The highest BCUT2D eigenvalue weighted by molar-refractivity contribution is 6.26. The highest BCUT2D eigenvalue weighted by Gasteiger charge is 2.38. The quantitative estimate of drug-likeness (QED) is 0.131. The van der Waals surface area contributed by atoms with Gasteiger partial charge in [-0.15, -0.1) is 0 Å². The molecule has 2 heteroatoms. The topological polar surface area (TPSA) is 6.48 Å². The summed E-state index contributed by atoms with van der Waals surface area (Å²) < 4.78 is 0. The van der Waals surface area contributed by atoms with E-state index in [1.807, 2.05) is 0 Å². The Morgan fingerprint density at radius 1 is 0.544 bits per heavy atom. The molecular weight excluding hydrogens is 689 g/mol. The molecule has 0 aromatic heterocycles. The Bertz CT molecular complexity index is 3010. The first kappa shape index (κ1) is 34.2. The molecule has 0 bridgehead atoms. The van der Waals surface area contributed by atoms with E-state index in [-0.39, 0.29) is 16.4 Å². The van der Waals surface area contributed by atoms with Gasteiger partial charge in [-0.2, -0.15) is 0 Å². The molecule has 0 N–H and O–H groups in total. The first-order chi connectivity index (χ1) is 27.5. The molecule has 2 heterocycles. The van der Waals surface area contributed by atoms with E-state index >= 15 is 0 Å². The van der Waals surface area contributed by atoms with Gasteiger partial charge in [0.05, 0.1) is 5.54 Å². The molecule has 0 saturated heterocycles. The normalized spacial score (nSPS) is 17.4. The highest BCUT2D eigenvalue weighted by Crippen LogP contribution is 2.52. The van der Waals surface area contributed by atoms with Crippen molar-refractivity contribution >= 4 is 73.3 Å². The first-order valence-electron chi connectivity index (χ1n) is 20.6. The van der Waals surface area contributed by atoms with E-state index in [0.29, 0.717) is 0 Å². The van der Waals surface area contributed by atoms with E-state index in [1.54, 1.807) is 0 Å². The summed E-state index contributed by atoms with van der Waals surface area (Å²) in [5.74, 6) is 0. The minimum absolute atomic E-state index is 0.130. The van der Waals surface area contributed by atoms with E-state index in [1.165, 1.54) is 99.6 Å². The Morgan fingerprint density at radius 3 is 2.04 bits per heavy atom. The molecule has 3 aliphatic rings. The van der Waals surface area contributed by atoms with Crippen molar-refractivity contribution < 1.29 is 0 Å². The van der Waals surface area contributed by atoms with Gasteiger partial charge in [-0.1, -0.05) is 155 Å². The third kappa shape index (κ3) is 5.02. The van der Waals surface area contributed by atoms with Gasteiger partial charge in [-0.25, -0.2) is 0 Å². The van der Waals surface area contributed by atoms with Crippen molar-refractivity contribution in [3.05, 3.63) is 173 Å². The lowest BCUT2D eigenvalue weighted by atomic mass is 9.77. The van der Waals surface area contributed by atoms with Crippen LogP contribution in [-0.2, 0) is 10.8 Å². The zero-order valence-corrected chi connectivity index (χ0v) is 33.8. The SMILES string of the molecule is CC1(C)CCN(c2ccc3ccc4c(C=Cc5ccc6c(c5)C(C)(C)c5cc(N7c8ccccc8C=CC7(C)C)ccc5-6)ccc5ccc2c3c54)c2ccccc21. The van der Waals surface area contributed by atoms with Crippen LogP contribution in [0.1, 0.15) is 81.3 Å². The second kappa shape index (κ2) is 11.9. The van der Waals surface area contributed by atoms with E-state index in [0.717, 1.165) is 13.0 Å². The Hall–Kier alpha value is -6.12. The van der Waals surface area contributed by atoms with Gasteiger partial charge >= 0.3 is 0 Å². The molecule has 2 aliphatic heterocycles. The largest absolute Gasteiger partial charge is 0.341 e. The number of rotatable bonds is 4. The van der Waals surface area contributed by atoms with Crippen molar-refractivity contribution in [2.24, 2.45) is 0 Å². The fraction of sp³-hybridized carbons (Fsp3) is 0.200. The molecule has 2 nitrogen and oxygen atoms in total. The van der Waals surface area contributed by atoms with Crippen LogP contribution in [0.3, 0.4) is 0 Å². The Labute approximate surface area is 336 Å². The maximum absolute atomic E-state index is 2.56. The van der Waals surface area contributed by atoms with Gasteiger partial charge < -0.3 is 9.80 Å². The highest BCUT2D eigenvalue weighted by atomic mass is 15.2. The minimum atomic E-state index is -0.138. The smallest absolute Gasteiger partial charge is 0.0580 e. The van der Waals surface area contributed by atoms with Crippen LogP contribution in [0, 0.1) is 0 Å².